The van der Waals surface area contributed by atoms with Gasteiger partial charge < -0.3 is 11.1 Å². The quantitative estimate of drug-likeness (QED) is 0.797. The normalized spacial score (nSPS) is 12.2. The molecule has 88 valence electrons. The number of nitrogens with zero attached hydrogens (tertiary/aromatic N) is 1. The summed E-state index contributed by atoms with van der Waals surface area (Å²) in [6.07, 6.45) is 6.08. The maximum absolute atomic E-state index is 11.7. The first-order chi connectivity index (χ1) is 7.65. The van der Waals surface area contributed by atoms with Crippen LogP contribution in [0.4, 0.5) is 5.69 Å². The highest BCUT2D eigenvalue weighted by Gasteiger charge is 2.13. The van der Waals surface area contributed by atoms with E-state index in [1.165, 1.54) is 0 Å². The zero-order valence-electron chi connectivity index (χ0n) is 9.86. The number of aryl methyl sites for hydroxylation is 1. The molecule has 1 aromatic rings. The SMILES string of the molecule is CCCCC(N)C(=O)Nc1cnccc1C. The molecule has 0 aliphatic heterocycles. The lowest BCUT2D eigenvalue weighted by Crippen LogP contribution is -2.35. The van der Waals surface area contributed by atoms with Crippen molar-refractivity contribution in [3.05, 3.63) is 24.0 Å². The third-order valence-electron chi connectivity index (χ3n) is 2.50. The maximum atomic E-state index is 11.7. The van der Waals surface area contributed by atoms with E-state index in [1.54, 1.807) is 12.4 Å². The summed E-state index contributed by atoms with van der Waals surface area (Å²) >= 11 is 0. The van der Waals surface area contributed by atoms with Gasteiger partial charge in [0.05, 0.1) is 17.9 Å². The number of amides is 1. The molecule has 1 heterocycles. The van der Waals surface area contributed by atoms with Gasteiger partial charge in [-0.15, -0.1) is 0 Å². The molecule has 1 atom stereocenters. The van der Waals surface area contributed by atoms with Gasteiger partial charge in [0.1, 0.15) is 0 Å². The molecule has 3 N–H and O–H groups in total. The van der Waals surface area contributed by atoms with Crippen molar-refractivity contribution in [2.45, 2.75) is 39.2 Å². The highest BCUT2D eigenvalue weighted by atomic mass is 16.2. The monoisotopic (exact) mass is 221 g/mol. The van der Waals surface area contributed by atoms with Crippen molar-refractivity contribution in [3.63, 3.8) is 0 Å². The molecule has 1 rings (SSSR count). The average Bonchev–Trinajstić information content (AvgIpc) is 2.28. The number of hydrogen-bond donors (Lipinski definition) is 2. The number of hydrogen-bond acceptors (Lipinski definition) is 3. The van der Waals surface area contributed by atoms with E-state index in [1.807, 2.05) is 13.0 Å². The Hall–Kier alpha value is -1.42. The zero-order valence-corrected chi connectivity index (χ0v) is 9.86. The Morgan fingerprint density at radius 3 is 3.00 bits per heavy atom. The van der Waals surface area contributed by atoms with Gasteiger partial charge >= 0.3 is 0 Å². The van der Waals surface area contributed by atoms with E-state index in [0.29, 0.717) is 0 Å². The predicted molar refractivity (Wildman–Crippen MR) is 65.1 cm³/mol. The predicted octanol–water partition coefficient (Wildman–Crippen LogP) is 1.85. The molecule has 4 nitrogen and oxygen atoms in total. The molecule has 0 saturated carbocycles. The van der Waals surface area contributed by atoms with Crippen molar-refractivity contribution in [1.82, 2.24) is 4.98 Å². The molecule has 0 aliphatic rings. The molecule has 16 heavy (non-hydrogen) atoms. The Kier molecular flexibility index (Phi) is 4.92. The molecule has 0 bridgehead atoms. The second-order valence-corrected chi connectivity index (χ2v) is 3.93. The number of anilines is 1. The molecule has 4 heteroatoms. The van der Waals surface area contributed by atoms with E-state index in [2.05, 4.69) is 17.2 Å². The first kappa shape index (κ1) is 12.6. The Labute approximate surface area is 96.3 Å². The third kappa shape index (κ3) is 3.62. The van der Waals surface area contributed by atoms with Crippen LogP contribution in [-0.2, 0) is 4.79 Å². The van der Waals surface area contributed by atoms with Gasteiger partial charge in [-0.05, 0) is 25.0 Å². The van der Waals surface area contributed by atoms with E-state index < -0.39 is 6.04 Å². The molecule has 0 radical (unpaired) electrons. The van der Waals surface area contributed by atoms with Crippen molar-refractivity contribution in [3.8, 4) is 0 Å². The largest absolute Gasteiger partial charge is 0.323 e. The molecule has 1 aromatic heterocycles. The number of nitrogens with one attached hydrogen (secondary N) is 1. The van der Waals surface area contributed by atoms with E-state index in [4.69, 9.17) is 5.73 Å². The lowest BCUT2D eigenvalue weighted by atomic mass is 10.1. The topological polar surface area (TPSA) is 68.0 Å². The lowest BCUT2D eigenvalue weighted by Gasteiger charge is -2.12. The van der Waals surface area contributed by atoms with Crippen LogP contribution in [0.3, 0.4) is 0 Å². The molecular formula is C12H19N3O. The number of pyridine rings is 1. The first-order valence-corrected chi connectivity index (χ1v) is 5.62. The smallest absolute Gasteiger partial charge is 0.241 e. The van der Waals surface area contributed by atoms with Gasteiger partial charge in [0.2, 0.25) is 5.91 Å². The second kappa shape index (κ2) is 6.23. The molecular weight excluding hydrogens is 202 g/mol. The minimum Gasteiger partial charge on any atom is -0.323 e. The summed E-state index contributed by atoms with van der Waals surface area (Å²) in [7, 11) is 0. The average molecular weight is 221 g/mol. The minimum absolute atomic E-state index is 0.135. The van der Waals surface area contributed by atoms with E-state index in [9.17, 15) is 4.79 Å². The summed E-state index contributed by atoms with van der Waals surface area (Å²) in [4.78, 5) is 15.7. The van der Waals surface area contributed by atoms with Crippen LogP contribution in [0.2, 0.25) is 0 Å². The van der Waals surface area contributed by atoms with Crippen LogP contribution >= 0.6 is 0 Å². The van der Waals surface area contributed by atoms with E-state index in [-0.39, 0.29) is 5.91 Å². The number of rotatable bonds is 5. The Bertz CT molecular complexity index is 352. The standard InChI is InChI=1S/C12H19N3O/c1-3-4-5-10(13)12(16)15-11-8-14-7-6-9(11)2/h6-8,10H,3-5,13H2,1-2H3,(H,15,16). The van der Waals surface area contributed by atoms with Gasteiger partial charge in [-0.3, -0.25) is 9.78 Å². The van der Waals surface area contributed by atoms with Gasteiger partial charge in [-0.25, -0.2) is 0 Å². The van der Waals surface area contributed by atoms with E-state index in [0.717, 1.165) is 30.5 Å². The van der Waals surface area contributed by atoms with Crippen molar-refractivity contribution >= 4 is 11.6 Å². The second-order valence-electron chi connectivity index (χ2n) is 3.93. The summed E-state index contributed by atoms with van der Waals surface area (Å²) < 4.78 is 0. The van der Waals surface area contributed by atoms with Crippen LogP contribution in [0.15, 0.2) is 18.5 Å². The van der Waals surface area contributed by atoms with Gasteiger partial charge in [0, 0.05) is 6.20 Å². The fourth-order valence-electron chi connectivity index (χ4n) is 1.38. The Morgan fingerprint density at radius 1 is 1.62 bits per heavy atom. The van der Waals surface area contributed by atoms with Crippen LogP contribution in [0.25, 0.3) is 0 Å². The van der Waals surface area contributed by atoms with Crippen LogP contribution in [-0.4, -0.2) is 16.9 Å². The van der Waals surface area contributed by atoms with Crippen molar-refractivity contribution < 1.29 is 4.79 Å². The number of aromatic nitrogens is 1. The Balaban J connectivity index is 2.54. The molecule has 0 fully saturated rings. The van der Waals surface area contributed by atoms with Crippen molar-refractivity contribution in [2.75, 3.05) is 5.32 Å². The fraction of sp³-hybridized carbons (Fsp3) is 0.500. The van der Waals surface area contributed by atoms with Crippen LogP contribution < -0.4 is 11.1 Å². The fourth-order valence-corrected chi connectivity index (χ4v) is 1.38. The molecule has 1 amide bonds. The van der Waals surface area contributed by atoms with Crippen LogP contribution in [0.5, 0.6) is 0 Å². The van der Waals surface area contributed by atoms with Crippen molar-refractivity contribution in [2.24, 2.45) is 5.73 Å². The summed E-state index contributed by atoms with van der Waals surface area (Å²) in [5.74, 6) is -0.135. The molecule has 0 aromatic carbocycles. The highest BCUT2D eigenvalue weighted by molar-refractivity contribution is 5.95. The summed E-state index contributed by atoms with van der Waals surface area (Å²) in [5.41, 5.74) is 7.50. The molecule has 1 unspecified atom stereocenters. The number of nitrogens with two attached hydrogens (primary N) is 1. The molecule has 0 aliphatic carbocycles. The Morgan fingerprint density at radius 2 is 2.38 bits per heavy atom. The molecule has 0 spiro atoms. The number of carbonyl (C=O) groups is 1. The summed E-state index contributed by atoms with van der Waals surface area (Å²) in [5, 5.41) is 2.79. The lowest BCUT2D eigenvalue weighted by molar-refractivity contribution is -0.117. The zero-order chi connectivity index (χ0) is 12.0. The number of unbranched alkanes of at least 4 members (excludes halogenated alkanes) is 1. The highest BCUT2D eigenvalue weighted by Crippen LogP contribution is 2.12. The minimum atomic E-state index is -0.431. The van der Waals surface area contributed by atoms with Crippen molar-refractivity contribution in [1.29, 1.82) is 0 Å². The van der Waals surface area contributed by atoms with Gasteiger partial charge in [-0.1, -0.05) is 19.8 Å². The summed E-state index contributed by atoms with van der Waals surface area (Å²) in [6.45, 7) is 4.00. The number of carbonyl (C=O) groups excluding carboxylic acids is 1. The van der Waals surface area contributed by atoms with Gasteiger partial charge in [0.15, 0.2) is 0 Å². The van der Waals surface area contributed by atoms with E-state index >= 15 is 0 Å². The maximum Gasteiger partial charge on any atom is 0.241 e. The van der Waals surface area contributed by atoms with Gasteiger partial charge in [-0.2, -0.15) is 0 Å². The third-order valence-corrected chi connectivity index (χ3v) is 2.50. The first-order valence-electron chi connectivity index (χ1n) is 5.62. The molecule has 0 saturated heterocycles. The van der Waals surface area contributed by atoms with Crippen LogP contribution in [0, 0.1) is 6.92 Å². The summed E-state index contributed by atoms with van der Waals surface area (Å²) in [6, 6.07) is 1.42. The van der Waals surface area contributed by atoms with Gasteiger partial charge in [0.25, 0.3) is 0 Å². The van der Waals surface area contributed by atoms with Crippen LogP contribution in [0.1, 0.15) is 31.7 Å².